The molecule has 0 aliphatic rings. The lowest BCUT2D eigenvalue weighted by atomic mass is 10.2. The number of carbonyl (C=O) groups excluding carboxylic acids is 2. The number of benzene rings is 1. The minimum atomic E-state index is -0.671. The molecule has 1 aromatic carbocycles. The molecule has 0 radical (unpaired) electrons. The summed E-state index contributed by atoms with van der Waals surface area (Å²) in [5.41, 5.74) is 0.195. The van der Waals surface area contributed by atoms with E-state index in [9.17, 15) is 9.59 Å². The number of rotatable bonds is 6. The summed E-state index contributed by atoms with van der Waals surface area (Å²) in [5, 5.41) is 3.09. The topological polar surface area (TPSA) is 67.9 Å². The molecule has 6 nitrogen and oxygen atoms in total. The Kier molecular flexibility index (Phi) is 6.88. The van der Waals surface area contributed by atoms with E-state index in [4.69, 9.17) is 9.47 Å². The highest BCUT2D eigenvalue weighted by atomic mass is 16.6. The summed E-state index contributed by atoms with van der Waals surface area (Å²) < 4.78 is 10.2. The number of esters is 1. The number of hydrogen-bond acceptors (Lipinski definition) is 5. The van der Waals surface area contributed by atoms with Gasteiger partial charge < -0.3 is 19.7 Å². The highest BCUT2D eigenvalue weighted by Crippen LogP contribution is 2.13. The van der Waals surface area contributed by atoms with Crippen LogP contribution in [-0.2, 0) is 14.3 Å². The molecule has 0 aliphatic heterocycles. The third-order valence-corrected chi connectivity index (χ3v) is 3.04. The first kappa shape index (κ1) is 18.8. The predicted molar refractivity (Wildman–Crippen MR) is 89.3 cm³/mol. The fourth-order valence-electron chi connectivity index (χ4n) is 1.94. The van der Waals surface area contributed by atoms with Gasteiger partial charge in [0.1, 0.15) is 11.6 Å². The second-order valence-electron chi connectivity index (χ2n) is 6.11. The third kappa shape index (κ3) is 6.59. The number of amides is 1. The van der Waals surface area contributed by atoms with Crippen molar-refractivity contribution in [2.24, 2.45) is 0 Å². The standard InChI is InChI=1S/C17H26N2O4/c1-6-19(16(21)23-17(2,3)4)12-14(15(20)22-5)18-13-10-8-7-9-11-13/h7-11,14,18H,6,12H2,1-5H3/t14-/m0/s1. The Balaban J connectivity index is 2.82. The quantitative estimate of drug-likeness (QED) is 0.816. The molecular formula is C17H26N2O4. The van der Waals surface area contributed by atoms with Gasteiger partial charge in [-0.15, -0.1) is 0 Å². The van der Waals surface area contributed by atoms with Crippen LogP contribution in [0.2, 0.25) is 0 Å². The zero-order valence-corrected chi connectivity index (χ0v) is 14.5. The Morgan fingerprint density at radius 3 is 2.30 bits per heavy atom. The molecule has 0 fully saturated rings. The number of nitrogens with one attached hydrogen (secondary N) is 1. The lowest BCUT2D eigenvalue weighted by Crippen LogP contribution is -2.46. The van der Waals surface area contributed by atoms with Crippen molar-refractivity contribution >= 4 is 17.7 Å². The van der Waals surface area contributed by atoms with Gasteiger partial charge in [0, 0.05) is 12.2 Å². The van der Waals surface area contributed by atoms with Crippen molar-refractivity contribution in [2.75, 3.05) is 25.5 Å². The van der Waals surface area contributed by atoms with Crippen molar-refractivity contribution in [3.63, 3.8) is 0 Å². The van der Waals surface area contributed by atoms with Gasteiger partial charge in [-0.2, -0.15) is 0 Å². The Morgan fingerprint density at radius 1 is 1.22 bits per heavy atom. The molecule has 1 N–H and O–H groups in total. The molecule has 0 unspecified atom stereocenters. The van der Waals surface area contributed by atoms with Crippen LogP contribution in [0.25, 0.3) is 0 Å². The maximum Gasteiger partial charge on any atom is 0.410 e. The van der Waals surface area contributed by atoms with Gasteiger partial charge in [-0.3, -0.25) is 0 Å². The summed E-state index contributed by atoms with van der Waals surface area (Å²) in [6.07, 6.45) is -0.455. The van der Waals surface area contributed by atoms with Gasteiger partial charge in [0.2, 0.25) is 0 Å². The molecule has 1 aromatic rings. The van der Waals surface area contributed by atoms with E-state index in [1.54, 1.807) is 20.8 Å². The molecule has 0 saturated carbocycles. The van der Waals surface area contributed by atoms with E-state index in [0.29, 0.717) is 6.54 Å². The lowest BCUT2D eigenvalue weighted by molar-refractivity contribution is -0.141. The van der Waals surface area contributed by atoms with Crippen LogP contribution in [0.4, 0.5) is 10.5 Å². The SMILES string of the molecule is CCN(C[C@H](Nc1ccccc1)C(=O)OC)C(=O)OC(C)(C)C. The number of hydrogen-bond donors (Lipinski definition) is 1. The first-order valence-electron chi connectivity index (χ1n) is 7.64. The van der Waals surface area contributed by atoms with Crippen molar-refractivity contribution in [1.29, 1.82) is 0 Å². The normalized spacial score (nSPS) is 12.2. The Bertz CT molecular complexity index is 511. The van der Waals surface area contributed by atoms with Crippen LogP contribution >= 0.6 is 0 Å². The van der Waals surface area contributed by atoms with E-state index in [1.807, 2.05) is 37.3 Å². The molecule has 0 heterocycles. The largest absolute Gasteiger partial charge is 0.467 e. The minimum absolute atomic E-state index is 0.160. The molecule has 23 heavy (non-hydrogen) atoms. The number of anilines is 1. The van der Waals surface area contributed by atoms with Crippen LogP contribution in [0.1, 0.15) is 27.7 Å². The van der Waals surface area contributed by atoms with Gasteiger partial charge >= 0.3 is 12.1 Å². The zero-order chi connectivity index (χ0) is 17.5. The summed E-state index contributed by atoms with van der Waals surface area (Å²) in [6, 6.07) is 8.64. The number of nitrogens with zero attached hydrogens (tertiary/aromatic N) is 1. The second-order valence-corrected chi connectivity index (χ2v) is 6.11. The van der Waals surface area contributed by atoms with E-state index >= 15 is 0 Å². The van der Waals surface area contributed by atoms with Crippen LogP contribution in [0.5, 0.6) is 0 Å². The maximum atomic E-state index is 12.2. The molecule has 1 atom stereocenters. The van der Waals surface area contributed by atoms with Gasteiger partial charge in [-0.25, -0.2) is 9.59 Å². The van der Waals surface area contributed by atoms with E-state index in [1.165, 1.54) is 12.0 Å². The maximum absolute atomic E-state index is 12.2. The Labute approximate surface area is 137 Å². The average molecular weight is 322 g/mol. The van der Waals surface area contributed by atoms with Gasteiger partial charge in [0.15, 0.2) is 0 Å². The molecule has 128 valence electrons. The third-order valence-electron chi connectivity index (χ3n) is 3.04. The number of methoxy groups -OCH3 is 1. The summed E-state index contributed by atoms with van der Waals surface area (Å²) in [7, 11) is 1.33. The van der Waals surface area contributed by atoms with Crippen LogP contribution < -0.4 is 5.32 Å². The van der Waals surface area contributed by atoms with E-state index < -0.39 is 23.7 Å². The molecule has 0 bridgehead atoms. The van der Waals surface area contributed by atoms with E-state index in [-0.39, 0.29) is 6.54 Å². The highest BCUT2D eigenvalue weighted by molar-refractivity contribution is 5.80. The van der Waals surface area contributed by atoms with Crippen molar-refractivity contribution in [2.45, 2.75) is 39.3 Å². The molecule has 0 spiro atoms. The molecule has 0 aromatic heterocycles. The fraction of sp³-hybridized carbons (Fsp3) is 0.529. The molecule has 1 amide bonds. The summed E-state index contributed by atoms with van der Waals surface area (Å²) >= 11 is 0. The zero-order valence-electron chi connectivity index (χ0n) is 14.5. The average Bonchev–Trinajstić information content (AvgIpc) is 2.49. The summed E-state index contributed by atoms with van der Waals surface area (Å²) in [5.74, 6) is -0.434. The first-order chi connectivity index (χ1) is 10.8. The van der Waals surface area contributed by atoms with Gasteiger partial charge in [0.25, 0.3) is 0 Å². The summed E-state index contributed by atoms with van der Waals surface area (Å²) in [6.45, 7) is 7.84. The van der Waals surface area contributed by atoms with Crippen molar-refractivity contribution in [3.8, 4) is 0 Å². The molecule has 0 aliphatic carbocycles. The van der Waals surface area contributed by atoms with Crippen LogP contribution in [-0.4, -0.2) is 48.8 Å². The van der Waals surface area contributed by atoms with Crippen LogP contribution in [0.3, 0.4) is 0 Å². The van der Waals surface area contributed by atoms with Gasteiger partial charge in [-0.05, 0) is 39.8 Å². The van der Waals surface area contributed by atoms with Crippen molar-refractivity contribution in [3.05, 3.63) is 30.3 Å². The molecular weight excluding hydrogens is 296 g/mol. The predicted octanol–water partition coefficient (Wildman–Crippen LogP) is 2.90. The van der Waals surface area contributed by atoms with Crippen LogP contribution in [0.15, 0.2) is 30.3 Å². The number of carbonyl (C=O) groups is 2. The van der Waals surface area contributed by atoms with Gasteiger partial charge in [-0.1, -0.05) is 18.2 Å². The molecule has 6 heteroatoms. The number of likely N-dealkylation sites (N-methyl/N-ethyl adjacent to an activating group) is 1. The smallest absolute Gasteiger partial charge is 0.410 e. The number of ether oxygens (including phenoxy) is 2. The monoisotopic (exact) mass is 322 g/mol. The molecule has 0 saturated heterocycles. The Hall–Kier alpha value is -2.24. The van der Waals surface area contributed by atoms with Crippen LogP contribution in [0, 0.1) is 0 Å². The minimum Gasteiger partial charge on any atom is -0.467 e. The second kappa shape index (κ2) is 8.41. The fourth-order valence-corrected chi connectivity index (χ4v) is 1.94. The highest BCUT2D eigenvalue weighted by Gasteiger charge is 2.27. The molecule has 1 rings (SSSR count). The van der Waals surface area contributed by atoms with E-state index in [2.05, 4.69) is 5.32 Å². The summed E-state index contributed by atoms with van der Waals surface area (Å²) in [4.78, 5) is 25.7. The lowest BCUT2D eigenvalue weighted by Gasteiger charge is -2.29. The van der Waals surface area contributed by atoms with Crippen molar-refractivity contribution < 1.29 is 19.1 Å². The van der Waals surface area contributed by atoms with Crippen molar-refractivity contribution in [1.82, 2.24) is 4.90 Å². The van der Waals surface area contributed by atoms with Gasteiger partial charge in [0.05, 0.1) is 13.7 Å². The first-order valence-corrected chi connectivity index (χ1v) is 7.64. The van der Waals surface area contributed by atoms with E-state index in [0.717, 1.165) is 5.69 Å². The Morgan fingerprint density at radius 2 is 1.83 bits per heavy atom. The number of para-hydroxylation sites is 1.